The average molecular weight is 344 g/mol. The molecule has 4 heteroatoms. The Kier molecular flexibility index (Phi) is 6.13. The van der Waals surface area contributed by atoms with Crippen LogP contribution in [0.2, 0.25) is 0 Å². The van der Waals surface area contributed by atoms with E-state index in [0.717, 1.165) is 31.8 Å². The van der Waals surface area contributed by atoms with Gasteiger partial charge in [-0.2, -0.15) is 0 Å². The molecule has 1 heterocycles. The van der Waals surface area contributed by atoms with Crippen molar-refractivity contribution in [1.82, 2.24) is 9.80 Å². The lowest BCUT2D eigenvalue weighted by atomic mass is 9.87. The van der Waals surface area contributed by atoms with E-state index in [1.54, 1.807) is 0 Å². The highest BCUT2D eigenvalue weighted by Gasteiger charge is 2.34. The van der Waals surface area contributed by atoms with Crippen LogP contribution < -0.4 is 5.73 Å². The van der Waals surface area contributed by atoms with Crippen LogP contribution in [0.3, 0.4) is 0 Å². The second-order valence-electron chi connectivity index (χ2n) is 8.13. The molecule has 3 rings (SSSR count). The summed E-state index contributed by atoms with van der Waals surface area (Å²) in [6, 6.07) is 11.0. The Bertz CT molecular complexity index is 554. The summed E-state index contributed by atoms with van der Waals surface area (Å²) in [5.74, 6) is 1.97. The van der Waals surface area contributed by atoms with E-state index in [4.69, 9.17) is 5.73 Å². The second-order valence-corrected chi connectivity index (χ2v) is 8.13. The van der Waals surface area contributed by atoms with Crippen LogP contribution in [0.1, 0.15) is 44.1 Å². The molecule has 1 aliphatic heterocycles. The van der Waals surface area contributed by atoms with Crippen molar-refractivity contribution in [1.29, 1.82) is 0 Å². The summed E-state index contributed by atoms with van der Waals surface area (Å²) in [7, 11) is 1.99. The standard InChI is InChI=1S/C21H33N3O/c1-16-8-10-19(11-9-16)23(2)21(25)15-24-13-18(12-22)20(14-24)17-6-4-3-5-7-17/h3-7,16,18-20H,8-15,22H2,1-2H3/t16?,18-,19?,20+/m1/s1. The lowest BCUT2D eigenvalue weighted by Crippen LogP contribution is -2.44. The summed E-state index contributed by atoms with van der Waals surface area (Å²) in [6.45, 7) is 5.40. The number of likely N-dealkylation sites (tertiary alicyclic amines) is 1. The number of rotatable bonds is 5. The largest absolute Gasteiger partial charge is 0.342 e. The molecular formula is C21H33N3O. The van der Waals surface area contributed by atoms with Crippen LogP contribution in [-0.2, 0) is 4.79 Å². The molecule has 1 aliphatic carbocycles. The fourth-order valence-corrected chi connectivity index (χ4v) is 4.54. The number of amides is 1. The zero-order valence-corrected chi connectivity index (χ0v) is 15.7. The van der Waals surface area contributed by atoms with Gasteiger partial charge in [-0.05, 0) is 49.6 Å². The van der Waals surface area contributed by atoms with Gasteiger partial charge >= 0.3 is 0 Å². The third-order valence-corrected chi connectivity index (χ3v) is 6.33. The van der Waals surface area contributed by atoms with Gasteiger partial charge in [0.1, 0.15) is 0 Å². The molecule has 2 fully saturated rings. The Hall–Kier alpha value is -1.39. The topological polar surface area (TPSA) is 49.6 Å². The van der Waals surface area contributed by atoms with Crippen LogP contribution in [0.15, 0.2) is 30.3 Å². The number of likely N-dealkylation sites (N-methyl/N-ethyl adjacent to an activating group) is 1. The molecule has 1 amide bonds. The third kappa shape index (κ3) is 4.42. The molecule has 0 bridgehead atoms. The fourth-order valence-electron chi connectivity index (χ4n) is 4.54. The minimum atomic E-state index is 0.268. The predicted molar refractivity (Wildman–Crippen MR) is 102 cm³/mol. The second kappa shape index (κ2) is 8.33. The smallest absolute Gasteiger partial charge is 0.236 e. The summed E-state index contributed by atoms with van der Waals surface area (Å²) in [6.07, 6.45) is 4.80. The van der Waals surface area contributed by atoms with Crippen LogP contribution in [0.5, 0.6) is 0 Å². The molecule has 2 atom stereocenters. The van der Waals surface area contributed by atoms with Gasteiger partial charge in [0.2, 0.25) is 5.91 Å². The van der Waals surface area contributed by atoms with Crippen LogP contribution in [0.25, 0.3) is 0 Å². The van der Waals surface area contributed by atoms with Crippen LogP contribution >= 0.6 is 0 Å². The van der Waals surface area contributed by atoms with Crippen LogP contribution in [-0.4, -0.2) is 55.0 Å². The first-order valence-corrected chi connectivity index (χ1v) is 9.81. The van der Waals surface area contributed by atoms with E-state index in [1.165, 1.54) is 18.4 Å². The van der Waals surface area contributed by atoms with Gasteiger partial charge in [-0.25, -0.2) is 0 Å². The number of hydrogen-bond donors (Lipinski definition) is 1. The highest BCUT2D eigenvalue weighted by Crippen LogP contribution is 2.32. The molecule has 138 valence electrons. The van der Waals surface area contributed by atoms with Gasteiger partial charge in [-0.15, -0.1) is 0 Å². The normalized spacial score (nSPS) is 30.4. The van der Waals surface area contributed by atoms with Crippen LogP contribution in [0.4, 0.5) is 0 Å². The zero-order valence-electron chi connectivity index (χ0n) is 15.7. The van der Waals surface area contributed by atoms with E-state index < -0.39 is 0 Å². The molecule has 1 saturated carbocycles. The van der Waals surface area contributed by atoms with E-state index in [2.05, 4.69) is 42.2 Å². The third-order valence-electron chi connectivity index (χ3n) is 6.33. The Morgan fingerprint density at radius 2 is 1.84 bits per heavy atom. The lowest BCUT2D eigenvalue weighted by Gasteiger charge is -2.34. The first kappa shape index (κ1) is 18.4. The zero-order chi connectivity index (χ0) is 17.8. The van der Waals surface area contributed by atoms with E-state index in [9.17, 15) is 4.79 Å². The van der Waals surface area contributed by atoms with Crippen molar-refractivity contribution in [2.24, 2.45) is 17.6 Å². The number of carbonyl (C=O) groups excluding carboxylic acids is 1. The van der Waals surface area contributed by atoms with E-state index in [-0.39, 0.29) is 5.91 Å². The molecule has 2 aliphatic rings. The summed E-state index contributed by atoms with van der Waals surface area (Å²) in [5.41, 5.74) is 7.37. The Morgan fingerprint density at radius 3 is 2.48 bits per heavy atom. The first-order valence-electron chi connectivity index (χ1n) is 9.81. The Labute approximate surface area is 152 Å². The van der Waals surface area contributed by atoms with Gasteiger partial charge in [0, 0.05) is 32.1 Å². The lowest BCUT2D eigenvalue weighted by molar-refractivity contribution is -0.133. The van der Waals surface area contributed by atoms with Gasteiger partial charge in [0.05, 0.1) is 6.54 Å². The van der Waals surface area contributed by atoms with Crippen molar-refractivity contribution >= 4 is 5.91 Å². The SMILES string of the molecule is CC1CCC(N(C)C(=O)CN2C[C@@H](CN)[C@H](c3ccccc3)C2)CC1. The average Bonchev–Trinajstić information content (AvgIpc) is 3.05. The monoisotopic (exact) mass is 343 g/mol. The molecule has 25 heavy (non-hydrogen) atoms. The maximum Gasteiger partial charge on any atom is 0.236 e. The number of carbonyl (C=O) groups is 1. The molecule has 0 unspecified atom stereocenters. The van der Waals surface area contributed by atoms with E-state index >= 15 is 0 Å². The quantitative estimate of drug-likeness (QED) is 0.894. The van der Waals surface area contributed by atoms with Crippen molar-refractivity contribution in [2.75, 3.05) is 33.2 Å². The number of hydrogen-bond acceptors (Lipinski definition) is 3. The minimum absolute atomic E-state index is 0.268. The summed E-state index contributed by atoms with van der Waals surface area (Å²) in [5, 5.41) is 0. The minimum Gasteiger partial charge on any atom is -0.342 e. The highest BCUT2D eigenvalue weighted by atomic mass is 16.2. The van der Waals surface area contributed by atoms with Gasteiger partial charge < -0.3 is 10.6 Å². The van der Waals surface area contributed by atoms with Crippen molar-refractivity contribution in [3.05, 3.63) is 35.9 Å². The van der Waals surface area contributed by atoms with Crippen LogP contribution in [0, 0.1) is 11.8 Å². The summed E-state index contributed by atoms with van der Waals surface area (Å²) >= 11 is 0. The molecule has 0 spiro atoms. The van der Waals surface area contributed by atoms with Gasteiger partial charge in [-0.3, -0.25) is 9.69 Å². The molecule has 0 aromatic heterocycles. The van der Waals surface area contributed by atoms with Crippen molar-refractivity contribution in [2.45, 2.75) is 44.6 Å². The summed E-state index contributed by atoms with van der Waals surface area (Å²) in [4.78, 5) is 17.1. The Balaban J connectivity index is 1.56. The van der Waals surface area contributed by atoms with Crippen molar-refractivity contribution in [3.63, 3.8) is 0 Å². The summed E-state index contributed by atoms with van der Waals surface area (Å²) < 4.78 is 0. The number of nitrogens with zero attached hydrogens (tertiary/aromatic N) is 2. The van der Waals surface area contributed by atoms with Gasteiger partial charge in [0.15, 0.2) is 0 Å². The molecule has 4 nitrogen and oxygen atoms in total. The van der Waals surface area contributed by atoms with Crippen molar-refractivity contribution < 1.29 is 4.79 Å². The molecular weight excluding hydrogens is 310 g/mol. The number of benzene rings is 1. The van der Waals surface area contributed by atoms with E-state index in [0.29, 0.717) is 31.0 Å². The maximum atomic E-state index is 12.8. The highest BCUT2D eigenvalue weighted by molar-refractivity contribution is 5.78. The maximum absolute atomic E-state index is 12.8. The Morgan fingerprint density at radius 1 is 1.16 bits per heavy atom. The number of nitrogens with two attached hydrogens (primary N) is 1. The van der Waals surface area contributed by atoms with Gasteiger partial charge in [-0.1, -0.05) is 37.3 Å². The molecule has 0 radical (unpaired) electrons. The van der Waals surface area contributed by atoms with Gasteiger partial charge in [0.25, 0.3) is 0 Å². The molecule has 2 N–H and O–H groups in total. The first-order chi connectivity index (χ1) is 12.1. The fraction of sp³-hybridized carbons (Fsp3) is 0.667. The molecule has 1 saturated heterocycles. The molecule has 1 aromatic rings. The molecule has 1 aromatic carbocycles. The van der Waals surface area contributed by atoms with E-state index in [1.807, 2.05) is 11.9 Å². The predicted octanol–water partition coefficient (Wildman–Crippen LogP) is 2.70. The van der Waals surface area contributed by atoms with Crippen molar-refractivity contribution in [3.8, 4) is 0 Å².